The molecule has 1 aromatic carbocycles. The number of rotatable bonds is 3. The molecule has 2 aromatic rings. The molecule has 0 fully saturated rings. The summed E-state index contributed by atoms with van der Waals surface area (Å²) in [7, 11) is 0. The van der Waals surface area contributed by atoms with Gasteiger partial charge in [-0.15, -0.1) is 0 Å². The van der Waals surface area contributed by atoms with E-state index < -0.39 is 0 Å². The third kappa shape index (κ3) is 2.50. The molecule has 0 aliphatic carbocycles. The van der Waals surface area contributed by atoms with Gasteiger partial charge in [-0.1, -0.05) is 29.0 Å². The lowest BCUT2D eigenvalue weighted by molar-refractivity contribution is -0.681. The van der Waals surface area contributed by atoms with Gasteiger partial charge in [-0.05, 0) is 39.3 Å². The number of hydrogen-bond acceptors (Lipinski definition) is 2. The highest BCUT2D eigenvalue weighted by atomic mass is 32.1. The van der Waals surface area contributed by atoms with E-state index >= 15 is 0 Å². The summed E-state index contributed by atoms with van der Waals surface area (Å²) in [4.78, 5) is 0. The molecule has 0 radical (unpaired) electrons. The van der Waals surface area contributed by atoms with Crippen molar-refractivity contribution in [2.75, 3.05) is 5.32 Å². The monoisotopic (exact) mass is 247 g/mol. The van der Waals surface area contributed by atoms with Crippen LogP contribution in [0.1, 0.15) is 23.7 Å². The summed E-state index contributed by atoms with van der Waals surface area (Å²) in [6.45, 7) is 9.59. The highest BCUT2D eigenvalue weighted by Crippen LogP contribution is 2.22. The molecule has 0 unspecified atom stereocenters. The summed E-state index contributed by atoms with van der Waals surface area (Å²) in [6, 6.07) is 6.50. The first-order chi connectivity index (χ1) is 8.11. The predicted molar refractivity (Wildman–Crippen MR) is 74.1 cm³/mol. The van der Waals surface area contributed by atoms with Gasteiger partial charge in [0.2, 0.25) is 0 Å². The van der Waals surface area contributed by atoms with Crippen molar-refractivity contribution in [1.29, 1.82) is 0 Å². The predicted octanol–water partition coefficient (Wildman–Crippen LogP) is 3.72. The largest absolute Gasteiger partial charge is 0.339 e. The first-order valence-corrected chi connectivity index (χ1v) is 6.82. The van der Waals surface area contributed by atoms with Crippen LogP contribution in [0.15, 0.2) is 23.6 Å². The van der Waals surface area contributed by atoms with Gasteiger partial charge >= 0.3 is 5.13 Å². The number of anilines is 2. The van der Waals surface area contributed by atoms with Crippen molar-refractivity contribution < 1.29 is 4.57 Å². The molecule has 17 heavy (non-hydrogen) atoms. The number of hydrogen-bond donors (Lipinski definition) is 1. The molecule has 0 bridgehead atoms. The van der Waals surface area contributed by atoms with Crippen molar-refractivity contribution in [2.45, 2.75) is 34.2 Å². The van der Waals surface area contributed by atoms with Crippen LogP contribution in [-0.2, 0) is 6.54 Å². The first kappa shape index (κ1) is 12.1. The van der Waals surface area contributed by atoms with Gasteiger partial charge in [0, 0.05) is 5.38 Å². The van der Waals surface area contributed by atoms with E-state index in [-0.39, 0.29) is 0 Å². The fourth-order valence-electron chi connectivity index (χ4n) is 1.99. The zero-order chi connectivity index (χ0) is 12.4. The Balaban J connectivity index is 2.31. The molecule has 1 aromatic heterocycles. The topological polar surface area (TPSA) is 15.9 Å². The molecular formula is C14H19N2S+. The normalized spacial score (nSPS) is 10.6. The van der Waals surface area contributed by atoms with Crippen LogP contribution in [-0.4, -0.2) is 0 Å². The Hall–Kier alpha value is -1.35. The van der Waals surface area contributed by atoms with Gasteiger partial charge < -0.3 is 0 Å². The molecule has 90 valence electrons. The Labute approximate surface area is 107 Å². The van der Waals surface area contributed by atoms with Crippen molar-refractivity contribution in [3.8, 4) is 0 Å². The van der Waals surface area contributed by atoms with E-state index in [1.165, 1.54) is 27.6 Å². The number of benzene rings is 1. The molecule has 1 heterocycles. The summed E-state index contributed by atoms with van der Waals surface area (Å²) in [6.07, 6.45) is 0. The number of aryl methyl sites for hydroxylation is 3. The van der Waals surface area contributed by atoms with E-state index in [4.69, 9.17) is 0 Å². The lowest BCUT2D eigenvalue weighted by Crippen LogP contribution is -2.35. The molecule has 1 N–H and O–H groups in total. The van der Waals surface area contributed by atoms with Gasteiger partial charge in [-0.3, -0.25) is 0 Å². The van der Waals surface area contributed by atoms with Crippen LogP contribution in [0, 0.1) is 20.8 Å². The van der Waals surface area contributed by atoms with E-state index in [2.05, 4.69) is 61.2 Å². The van der Waals surface area contributed by atoms with Crippen LogP contribution in [0.3, 0.4) is 0 Å². The zero-order valence-electron chi connectivity index (χ0n) is 10.9. The molecule has 2 nitrogen and oxygen atoms in total. The second-order valence-corrected chi connectivity index (χ2v) is 5.23. The lowest BCUT2D eigenvalue weighted by atomic mass is 10.1. The average molecular weight is 247 g/mol. The number of thiazole rings is 1. The van der Waals surface area contributed by atoms with Crippen molar-refractivity contribution >= 4 is 22.2 Å². The third-order valence-electron chi connectivity index (χ3n) is 2.95. The summed E-state index contributed by atoms with van der Waals surface area (Å²) < 4.78 is 2.30. The molecule has 0 saturated carbocycles. The quantitative estimate of drug-likeness (QED) is 0.817. The standard InChI is InChI=1S/C14H18N2S/c1-5-16-12(4)9-17-14(16)15-13-7-6-10(2)8-11(13)3/h6-9H,5H2,1-4H3/p+1. The van der Waals surface area contributed by atoms with E-state index in [1.54, 1.807) is 11.3 Å². The zero-order valence-corrected chi connectivity index (χ0v) is 11.7. The Morgan fingerprint density at radius 3 is 2.65 bits per heavy atom. The van der Waals surface area contributed by atoms with E-state index in [0.29, 0.717) is 0 Å². The number of nitrogens with zero attached hydrogens (tertiary/aromatic N) is 1. The Morgan fingerprint density at radius 1 is 1.24 bits per heavy atom. The van der Waals surface area contributed by atoms with Crippen LogP contribution in [0.2, 0.25) is 0 Å². The maximum absolute atomic E-state index is 3.52. The minimum atomic E-state index is 1.00. The van der Waals surface area contributed by atoms with Gasteiger partial charge in [0.25, 0.3) is 0 Å². The van der Waals surface area contributed by atoms with Crippen LogP contribution >= 0.6 is 11.3 Å². The SMILES string of the molecule is CC[n+]1c(C)csc1Nc1ccc(C)cc1C. The molecule has 0 amide bonds. The van der Waals surface area contributed by atoms with Gasteiger partial charge in [0.05, 0.1) is 6.54 Å². The first-order valence-electron chi connectivity index (χ1n) is 5.94. The molecule has 0 atom stereocenters. The molecule has 2 rings (SSSR count). The van der Waals surface area contributed by atoms with E-state index in [9.17, 15) is 0 Å². The third-order valence-corrected chi connectivity index (χ3v) is 3.96. The second-order valence-electron chi connectivity index (χ2n) is 4.37. The van der Waals surface area contributed by atoms with Crippen LogP contribution in [0.4, 0.5) is 10.8 Å². The molecule has 3 heteroatoms. The highest BCUT2D eigenvalue weighted by molar-refractivity contribution is 7.13. The van der Waals surface area contributed by atoms with Crippen molar-refractivity contribution in [2.24, 2.45) is 0 Å². The molecule has 0 aliphatic heterocycles. The Bertz CT molecular complexity index is 529. The number of aromatic nitrogens is 1. The lowest BCUT2D eigenvalue weighted by Gasteiger charge is -2.04. The fraction of sp³-hybridized carbons (Fsp3) is 0.357. The van der Waals surface area contributed by atoms with Gasteiger partial charge in [-0.25, -0.2) is 9.88 Å². The summed E-state index contributed by atoms with van der Waals surface area (Å²) >= 11 is 1.76. The maximum atomic E-state index is 3.52. The van der Waals surface area contributed by atoms with Gasteiger partial charge in [0.15, 0.2) is 0 Å². The summed E-state index contributed by atoms with van der Waals surface area (Å²) in [5.41, 5.74) is 5.10. The van der Waals surface area contributed by atoms with Crippen LogP contribution in [0.25, 0.3) is 0 Å². The molecule has 0 saturated heterocycles. The fourth-order valence-corrected chi connectivity index (χ4v) is 2.97. The Morgan fingerprint density at radius 2 is 2.00 bits per heavy atom. The summed E-state index contributed by atoms with van der Waals surface area (Å²) in [5.74, 6) is 0. The van der Waals surface area contributed by atoms with Gasteiger partial charge in [-0.2, -0.15) is 0 Å². The van der Waals surface area contributed by atoms with E-state index in [1.807, 2.05) is 0 Å². The van der Waals surface area contributed by atoms with Crippen LogP contribution in [0.5, 0.6) is 0 Å². The van der Waals surface area contributed by atoms with Crippen LogP contribution < -0.4 is 9.88 Å². The molecule has 0 aliphatic rings. The minimum Gasteiger partial charge on any atom is -0.231 e. The smallest absolute Gasteiger partial charge is 0.231 e. The van der Waals surface area contributed by atoms with Crippen molar-refractivity contribution in [1.82, 2.24) is 0 Å². The second kappa shape index (κ2) is 4.88. The van der Waals surface area contributed by atoms with Crippen molar-refractivity contribution in [3.63, 3.8) is 0 Å². The Kier molecular flexibility index (Phi) is 3.48. The average Bonchev–Trinajstić information content (AvgIpc) is 2.63. The minimum absolute atomic E-state index is 1.00. The maximum Gasteiger partial charge on any atom is 0.339 e. The van der Waals surface area contributed by atoms with Gasteiger partial charge in [0.1, 0.15) is 11.4 Å². The molecule has 0 spiro atoms. The molecular weight excluding hydrogens is 228 g/mol. The van der Waals surface area contributed by atoms with Crippen molar-refractivity contribution in [3.05, 3.63) is 40.4 Å². The van der Waals surface area contributed by atoms with E-state index in [0.717, 1.165) is 6.54 Å². The summed E-state index contributed by atoms with van der Waals surface area (Å²) in [5, 5.41) is 6.92. The highest BCUT2D eigenvalue weighted by Gasteiger charge is 2.14. The number of nitrogens with one attached hydrogen (secondary N) is 1.